The van der Waals surface area contributed by atoms with Gasteiger partial charge in [-0.15, -0.1) is 0 Å². The molecule has 1 unspecified atom stereocenters. The SMILES string of the molecule is COC(=O)C1=C(C)N=c2sc(=Cc3ccc(OC)c(OC)c3)c(=O)n2C1c1ccc(OC(C)=O)cc1. The fraction of sp³-hybridized carbons (Fsp3) is 0.231. The zero-order valence-corrected chi connectivity index (χ0v) is 21.2. The zero-order chi connectivity index (χ0) is 26.0. The molecule has 2 heterocycles. The number of benzene rings is 2. The summed E-state index contributed by atoms with van der Waals surface area (Å²) in [6.45, 7) is 3.02. The molecule has 1 aliphatic heterocycles. The first-order valence-corrected chi connectivity index (χ1v) is 11.7. The van der Waals surface area contributed by atoms with Crippen molar-refractivity contribution in [3.8, 4) is 17.2 Å². The van der Waals surface area contributed by atoms with Crippen molar-refractivity contribution >= 4 is 29.4 Å². The molecule has 1 aliphatic rings. The fourth-order valence-electron chi connectivity index (χ4n) is 3.99. The van der Waals surface area contributed by atoms with Gasteiger partial charge in [-0.3, -0.25) is 14.2 Å². The summed E-state index contributed by atoms with van der Waals surface area (Å²) in [5, 5.41) is 0. The van der Waals surface area contributed by atoms with Gasteiger partial charge in [-0.1, -0.05) is 29.5 Å². The number of esters is 2. The summed E-state index contributed by atoms with van der Waals surface area (Å²) >= 11 is 1.22. The van der Waals surface area contributed by atoms with Crippen LogP contribution in [-0.4, -0.2) is 37.8 Å². The molecule has 0 spiro atoms. The Balaban J connectivity index is 1.89. The summed E-state index contributed by atoms with van der Waals surface area (Å²) in [6, 6.07) is 11.2. The Morgan fingerprint density at radius 1 is 1.03 bits per heavy atom. The highest BCUT2D eigenvalue weighted by Gasteiger charge is 2.33. The second kappa shape index (κ2) is 10.2. The van der Waals surface area contributed by atoms with Crippen LogP contribution in [0, 0.1) is 0 Å². The molecule has 9 nitrogen and oxygen atoms in total. The number of ether oxygens (including phenoxy) is 4. The summed E-state index contributed by atoms with van der Waals surface area (Å²) in [5.41, 5.74) is 1.78. The summed E-state index contributed by atoms with van der Waals surface area (Å²) < 4.78 is 22.7. The number of thiazole rings is 1. The standard InChI is InChI=1S/C26H24N2O7S/c1-14-22(25(31)34-5)23(17-7-9-18(10-8-17)35-15(2)29)28-24(30)21(36-26(28)27-14)13-16-6-11-19(32-3)20(12-16)33-4/h6-13,23H,1-5H3. The molecule has 0 N–H and O–H groups in total. The molecular weight excluding hydrogens is 484 g/mol. The number of aromatic nitrogens is 1. The van der Waals surface area contributed by atoms with E-state index in [1.54, 1.807) is 63.6 Å². The second-order valence-electron chi connectivity index (χ2n) is 7.85. The fourth-order valence-corrected chi connectivity index (χ4v) is 5.03. The first-order chi connectivity index (χ1) is 17.3. The topological polar surface area (TPSA) is 105 Å². The molecule has 186 valence electrons. The van der Waals surface area contributed by atoms with E-state index in [2.05, 4.69) is 4.99 Å². The van der Waals surface area contributed by atoms with Gasteiger partial charge in [0.05, 0.1) is 43.2 Å². The van der Waals surface area contributed by atoms with Crippen molar-refractivity contribution in [3.63, 3.8) is 0 Å². The minimum Gasteiger partial charge on any atom is -0.493 e. The lowest BCUT2D eigenvalue weighted by Crippen LogP contribution is -2.39. The number of fused-ring (bicyclic) bond motifs is 1. The Kier molecular flexibility index (Phi) is 7.07. The van der Waals surface area contributed by atoms with Crippen LogP contribution in [0.3, 0.4) is 0 Å². The minimum atomic E-state index is -0.771. The van der Waals surface area contributed by atoms with Crippen LogP contribution in [0.5, 0.6) is 17.2 Å². The quantitative estimate of drug-likeness (QED) is 0.372. The van der Waals surface area contributed by atoms with Crippen molar-refractivity contribution in [2.45, 2.75) is 19.9 Å². The molecule has 3 aromatic rings. The van der Waals surface area contributed by atoms with Crippen LogP contribution in [-0.2, 0) is 14.3 Å². The van der Waals surface area contributed by atoms with Gasteiger partial charge >= 0.3 is 11.9 Å². The van der Waals surface area contributed by atoms with Crippen molar-refractivity contribution in [2.75, 3.05) is 21.3 Å². The molecule has 4 rings (SSSR count). The molecule has 0 aliphatic carbocycles. The summed E-state index contributed by atoms with van der Waals surface area (Å²) in [5.74, 6) is 0.434. The third kappa shape index (κ3) is 4.67. The van der Waals surface area contributed by atoms with E-state index in [0.29, 0.717) is 37.8 Å². The van der Waals surface area contributed by atoms with E-state index in [1.807, 2.05) is 6.07 Å². The summed E-state index contributed by atoms with van der Waals surface area (Å²) in [4.78, 5) is 42.7. The molecule has 0 bridgehead atoms. The van der Waals surface area contributed by atoms with Gasteiger partial charge in [-0.05, 0) is 48.4 Å². The van der Waals surface area contributed by atoms with Gasteiger partial charge in [-0.25, -0.2) is 9.79 Å². The van der Waals surface area contributed by atoms with Gasteiger partial charge in [-0.2, -0.15) is 0 Å². The molecule has 0 saturated carbocycles. The van der Waals surface area contributed by atoms with E-state index in [4.69, 9.17) is 18.9 Å². The van der Waals surface area contributed by atoms with E-state index < -0.39 is 18.0 Å². The number of rotatable bonds is 6. The maximum Gasteiger partial charge on any atom is 0.338 e. The molecule has 36 heavy (non-hydrogen) atoms. The molecule has 0 amide bonds. The minimum absolute atomic E-state index is 0.253. The highest BCUT2D eigenvalue weighted by atomic mass is 32.1. The Labute approximate surface area is 210 Å². The lowest BCUT2D eigenvalue weighted by molar-refractivity contribution is -0.136. The predicted octanol–water partition coefficient (Wildman–Crippen LogP) is 2.35. The van der Waals surface area contributed by atoms with E-state index >= 15 is 0 Å². The van der Waals surface area contributed by atoms with E-state index in [0.717, 1.165) is 5.56 Å². The third-order valence-electron chi connectivity index (χ3n) is 5.59. The summed E-state index contributed by atoms with van der Waals surface area (Å²) in [7, 11) is 4.38. The number of hydrogen-bond acceptors (Lipinski definition) is 9. The average Bonchev–Trinajstić information content (AvgIpc) is 3.17. The molecule has 0 fully saturated rings. The van der Waals surface area contributed by atoms with Crippen LogP contribution in [0.2, 0.25) is 0 Å². The van der Waals surface area contributed by atoms with Crippen LogP contribution < -0.4 is 29.1 Å². The Morgan fingerprint density at radius 3 is 2.33 bits per heavy atom. The number of methoxy groups -OCH3 is 3. The monoisotopic (exact) mass is 508 g/mol. The molecule has 10 heteroatoms. The maximum absolute atomic E-state index is 13.6. The number of carbonyl (C=O) groups excluding carboxylic acids is 2. The van der Waals surface area contributed by atoms with Crippen molar-refractivity contribution in [1.29, 1.82) is 0 Å². The lowest BCUT2D eigenvalue weighted by Gasteiger charge is -2.24. The molecule has 2 aromatic carbocycles. The number of carbonyl (C=O) groups is 2. The average molecular weight is 509 g/mol. The van der Waals surface area contributed by atoms with Crippen molar-refractivity contribution in [2.24, 2.45) is 4.99 Å². The maximum atomic E-state index is 13.6. The highest BCUT2D eigenvalue weighted by Crippen LogP contribution is 2.32. The molecular formula is C26H24N2O7S. The lowest BCUT2D eigenvalue weighted by atomic mass is 9.96. The summed E-state index contributed by atoms with van der Waals surface area (Å²) in [6.07, 6.45) is 1.74. The number of hydrogen-bond donors (Lipinski definition) is 0. The van der Waals surface area contributed by atoms with Gasteiger partial charge in [0.15, 0.2) is 16.3 Å². The van der Waals surface area contributed by atoms with Crippen LogP contribution in [0.1, 0.15) is 31.0 Å². The van der Waals surface area contributed by atoms with Crippen LogP contribution in [0.4, 0.5) is 0 Å². The Bertz CT molecular complexity index is 1550. The Hall–Kier alpha value is -4.18. The van der Waals surface area contributed by atoms with Gasteiger partial charge in [0.2, 0.25) is 0 Å². The normalized spacial score (nSPS) is 15.1. The first kappa shape index (κ1) is 24.9. The smallest absolute Gasteiger partial charge is 0.338 e. The number of nitrogens with zero attached hydrogens (tertiary/aromatic N) is 2. The van der Waals surface area contributed by atoms with Gasteiger partial charge in [0.25, 0.3) is 5.56 Å². The van der Waals surface area contributed by atoms with E-state index in [-0.39, 0.29) is 11.1 Å². The van der Waals surface area contributed by atoms with Gasteiger partial charge in [0, 0.05) is 6.92 Å². The number of allylic oxidation sites excluding steroid dienone is 1. The van der Waals surface area contributed by atoms with Gasteiger partial charge < -0.3 is 18.9 Å². The molecule has 1 atom stereocenters. The molecule has 0 saturated heterocycles. The van der Waals surface area contributed by atoms with Crippen molar-refractivity contribution in [3.05, 3.63) is 84.5 Å². The van der Waals surface area contributed by atoms with Gasteiger partial charge in [0.1, 0.15) is 5.75 Å². The molecule has 1 aromatic heterocycles. The largest absolute Gasteiger partial charge is 0.493 e. The van der Waals surface area contributed by atoms with Crippen LogP contribution in [0.15, 0.2) is 63.5 Å². The Morgan fingerprint density at radius 2 is 1.72 bits per heavy atom. The zero-order valence-electron chi connectivity index (χ0n) is 20.4. The van der Waals surface area contributed by atoms with E-state index in [9.17, 15) is 14.4 Å². The third-order valence-corrected chi connectivity index (χ3v) is 6.57. The van der Waals surface area contributed by atoms with Crippen LogP contribution >= 0.6 is 11.3 Å². The molecule has 0 radical (unpaired) electrons. The van der Waals surface area contributed by atoms with Crippen molar-refractivity contribution < 1.29 is 28.5 Å². The first-order valence-electron chi connectivity index (χ1n) is 10.9. The van der Waals surface area contributed by atoms with Crippen molar-refractivity contribution in [1.82, 2.24) is 4.57 Å². The predicted molar refractivity (Wildman–Crippen MR) is 133 cm³/mol. The second-order valence-corrected chi connectivity index (χ2v) is 8.86. The van der Waals surface area contributed by atoms with E-state index in [1.165, 1.54) is 29.9 Å². The van der Waals surface area contributed by atoms with Crippen LogP contribution in [0.25, 0.3) is 6.08 Å². The highest BCUT2D eigenvalue weighted by molar-refractivity contribution is 7.07.